The van der Waals surface area contributed by atoms with Crippen LogP contribution in [0.3, 0.4) is 0 Å². The second-order valence-corrected chi connectivity index (χ2v) is 16.5. The summed E-state index contributed by atoms with van der Waals surface area (Å²) in [6.07, 6.45) is 8.45. The molecule has 3 aliphatic rings. The number of fused-ring (bicyclic) bond motifs is 2. The predicted octanol–water partition coefficient (Wildman–Crippen LogP) is 8.03. The Bertz CT molecular complexity index is 2140. The zero-order chi connectivity index (χ0) is 45.6. The van der Waals surface area contributed by atoms with Crippen LogP contribution in [0.4, 0.5) is 10.5 Å². The lowest BCUT2D eigenvalue weighted by Gasteiger charge is -2.60. The summed E-state index contributed by atoms with van der Waals surface area (Å²) >= 11 is 0. The standard InChI is InChI=1S/C49H62N4O11/c1-5-23-52(45(56)28-34-13-12-15-37(27-34)60-4)44-31-42(51-62-32-33-17-19-36(20-18-33)53(58)59)40-29-35(14-8-10-24-54)39(16-9-11-25-55)46-41-30-38(63-48(57)50-7-3)21-22-43(41)64-49(44,47(40)46)61-26-6-2/h6,12-13,15,17-22,27,29-30,35,39,44,46-47,54-55H,2,5,7-11,14,16,23-26,28,31-32H2,1,3-4H3,(H,50,57). The Balaban J connectivity index is 1.56. The normalized spacial score (nSPS) is 22.5. The van der Waals surface area contributed by atoms with E-state index in [0.29, 0.717) is 60.9 Å². The molecular formula is C49H62N4O11. The molecule has 3 aromatic carbocycles. The number of non-ortho nitro benzene ring substituents is 1. The van der Waals surface area contributed by atoms with Crippen molar-refractivity contribution in [1.29, 1.82) is 0 Å². The molecule has 1 saturated carbocycles. The Morgan fingerprint density at radius 1 is 1.02 bits per heavy atom. The van der Waals surface area contributed by atoms with Crippen molar-refractivity contribution in [1.82, 2.24) is 10.2 Å². The molecule has 15 heteroatoms. The van der Waals surface area contributed by atoms with E-state index >= 15 is 0 Å². The van der Waals surface area contributed by atoms with Crippen LogP contribution in [0.1, 0.15) is 87.8 Å². The number of hydrogen-bond acceptors (Lipinski definition) is 12. The van der Waals surface area contributed by atoms with E-state index in [9.17, 15) is 29.9 Å². The van der Waals surface area contributed by atoms with Gasteiger partial charge in [-0.1, -0.05) is 49.2 Å². The average Bonchev–Trinajstić information content (AvgIpc) is 3.29. The maximum Gasteiger partial charge on any atom is 0.412 e. The number of nitrogens with one attached hydrogen (secondary N) is 1. The molecule has 15 nitrogen and oxygen atoms in total. The molecule has 6 unspecified atom stereocenters. The number of benzene rings is 3. The number of nitro benzene ring substituents is 1. The van der Waals surface area contributed by atoms with Crippen LogP contribution in [0, 0.1) is 27.9 Å². The highest BCUT2D eigenvalue weighted by Gasteiger charge is 2.65. The summed E-state index contributed by atoms with van der Waals surface area (Å²) in [6.45, 7) is 8.84. The minimum atomic E-state index is -1.47. The molecule has 1 aliphatic heterocycles. The summed E-state index contributed by atoms with van der Waals surface area (Å²) in [4.78, 5) is 46.6. The van der Waals surface area contributed by atoms with Crippen LogP contribution < -0.4 is 19.5 Å². The number of allylic oxidation sites excluding steroid dienone is 1. The first-order chi connectivity index (χ1) is 31.1. The third-order valence-corrected chi connectivity index (χ3v) is 12.4. The molecular weight excluding hydrogens is 821 g/mol. The molecule has 64 heavy (non-hydrogen) atoms. The van der Waals surface area contributed by atoms with Crippen LogP contribution in [0.15, 0.2) is 96.2 Å². The molecule has 0 saturated heterocycles. The van der Waals surface area contributed by atoms with Gasteiger partial charge in [0.25, 0.3) is 5.69 Å². The maximum absolute atomic E-state index is 14.9. The number of ether oxygens (including phenoxy) is 4. The Kier molecular flexibility index (Phi) is 16.9. The topological polar surface area (TPSA) is 192 Å². The number of amides is 2. The second kappa shape index (κ2) is 22.7. The van der Waals surface area contributed by atoms with Crippen LogP contribution in [0.2, 0.25) is 0 Å². The summed E-state index contributed by atoms with van der Waals surface area (Å²) in [5.41, 5.74) is 3.70. The zero-order valence-electron chi connectivity index (χ0n) is 37.1. The van der Waals surface area contributed by atoms with E-state index in [0.717, 1.165) is 42.4 Å². The van der Waals surface area contributed by atoms with E-state index < -0.39 is 28.8 Å². The lowest BCUT2D eigenvalue weighted by Crippen LogP contribution is -2.70. The number of unbranched alkanes of at least 4 members (excludes halogenated alkanes) is 2. The SMILES string of the molecule is C=CCOC12Oc3ccc(OC(=O)NCC)cc3C3C(CCCCO)C(CCCCO)C=C(C(=NOCc4ccc([N+](=O)[O-])cc4)CC1N(CCC)C(=O)Cc1cccc(OC)c1)C32. The van der Waals surface area contributed by atoms with Gasteiger partial charge in [0.2, 0.25) is 11.7 Å². The highest BCUT2D eigenvalue weighted by atomic mass is 16.7. The fourth-order valence-corrected chi connectivity index (χ4v) is 9.65. The van der Waals surface area contributed by atoms with Crippen LogP contribution in [-0.2, 0) is 27.4 Å². The molecule has 2 aliphatic carbocycles. The zero-order valence-corrected chi connectivity index (χ0v) is 37.1. The summed E-state index contributed by atoms with van der Waals surface area (Å²) < 4.78 is 25.7. The molecule has 1 fully saturated rings. The molecule has 3 N–H and O–H groups in total. The molecule has 1 heterocycles. The summed E-state index contributed by atoms with van der Waals surface area (Å²) in [5.74, 6) is -1.07. The largest absolute Gasteiger partial charge is 0.497 e. The van der Waals surface area contributed by atoms with Gasteiger partial charge in [-0.2, -0.15) is 0 Å². The van der Waals surface area contributed by atoms with Crippen LogP contribution in [-0.4, -0.2) is 89.6 Å². The average molecular weight is 883 g/mol. The molecule has 6 atom stereocenters. The number of rotatable bonds is 23. The van der Waals surface area contributed by atoms with Crippen molar-refractivity contribution in [3.05, 3.63) is 118 Å². The van der Waals surface area contributed by atoms with E-state index in [1.54, 1.807) is 37.5 Å². The molecule has 0 bridgehead atoms. The number of oxime groups is 1. The van der Waals surface area contributed by atoms with Gasteiger partial charge < -0.3 is 44.2 Å². The first-order valence-corrected chi connectivity index (χ1v) is 22.4. The predicted molar refractivity (Wildman–Crippen MR) is 241 cm³/mol. The summed E-state index contributed by atoms with van der Waals surface area (Å²) in [7, 11) is 1.59. The van der Waals surface area contributed by atoms with E-state index in [1.165, 1.54) is 12.1 Å². The summed E-state index contributed by atoms with van der Waals surface area (Å²) in [6, 6.07) is 18.2. The van der Waals surface area contributed by atoms with Gasteiger partial charge in [0.1, 0.15) is 29.9 Å². The highest BCUT2D eigenvalue weighted by Crippen LogP contribution is 2.62. The van der Waals surface area contributed by atoms with E-state index in [-0.39, 0.29) is 68.6 Å². The number of aliphatic hydroxyl groups excluding tert-OH is 2. The van der Waals surface area contributed by atoms with Crippen molar-refractivity contribution in [2.75, 3.05) is 40.0 Å². The van der Waals surface area contributed by atoms with E-state index in [1.807, 2.05) is 49.1 Å². The first-order valence-electron chi connectivity index (χ1n) is 22.4. The third kappa shape index (κ3) is 10.9. The number of methoxy groups -OCH3 is 1. The Hall–Kier alpha value is -5.77. The quantitative estimate of drug-likeness (QED) is 0.0362. The summed E-state index contributed by atoms with van der Waals surface area (Å²) in [5, 5.41) is 38.8. The van der Waals surface area contributed by atoms with E-state index in [4.69, 9.17) is 28.9 Å². The minimum Gasteiger partial charge on any atom is -0.497 e. The Morgan fingerprint density at radius 2 is 1.78 bits per heavy atom. The van der Waals surface area contributed by atoms with Crippen LogP contribution in [0.25, 0.3) is 0 Å². The second-order valence-electron chi connectivity index (χ2n) is 16.5. The Morgan fingerprint density at radius 3 is 2.47 bits per heavy atom. The van der Waals surface area contributed by atoms with Gasteiger partial charge in [0, 0.05) is 56.3 Å². The Labute approximate surface area is 375 Å². The van der Waals surface area contributed by atoms with Crippen molar-refractivity contribution in [3.8, 4) is 17.2 Å². The molecule has 0 aromatic heterocycles. The van der Waals surface area contributed by atoms with Gasteiger partial charge in [0.15, 0.2) is 0 Å². The smallest absolute Gasteiger partial charge is 0.412 e. The van der Waals surface area contributed by atoms with Crippen molar-refractivity contribution < 1.29 is 48.5 Å². The fraction of sp³-hybridized carbons (Fsp3) is 0.490. The number of carbonyl (C=O) groups is 2. The molecule has 2 amide bonds. The van der Waals surface area contributed by atoms with Crippen LogP contribution in [0.5, 0.6) is 17.2 Å². The fourth-order valence-electron chi connectivity index (χ4n) is 9.65. The van der Waals surface area contributed by atoms with Crippen molar-refractivity contribution in [2.24, 2.45) is 22.9 Å². The van der Waals surface area contributed by atoms with Gasteiger partial charge in [-0.05, 0) is 110 Å². The number of aliphatic hydroxyl groups is 2. The lowest BCUT2D eigenvalue weighted by molar-refractivity contribution is -0.384. The van der Waals surface area contributed by atoms with Crippen molar-refractivity contribution in [2.45, 2.75) is 96.0 Å². The molecule has 0 spiro atoms. The van der Waals surface area contributed by atoms with Crippen molar-refractivity contribution in [3.63, 3.8) is 0 Å². The molecule has 0 radical (unpaired) electrons. The number of nitrogens with zero attached hydrogens (tertiary/aromatic N) is 3. The molecule has 3 aromatic rings. The first kappa shape index (κ1) is 47.7. The third-order valence-electron chi connectivity index (χ3n) is 12.4. The van der Waals surface area contributed by atoms with Gasteiger partial charge in [-0.3, -0.25) is 14.9 Å². The minimum absolute atomic E-state index is 0.0182. The molecule has 344 valence electrons. The monoisotopic (exact) mass is 882 g/mol. The van der Waals surface area contributed by atoms with E-state index in [2.05, 4.69) is 18.0 Å². The van der Waals surface area contributed by atoms with Crippen LogP contribution >= 0.6 is 0 Å². The highest BCUT2D eigenvalue weighted by molar-refractivity contribution is 6.03. The number of nitro groups is 1. The lowest BCUT2D eigenvalue weighted by atomic mass is 9.55. The van der Waals surface area contributed by atoms with Gasteiger partial charge in [-0.25, -0.2) is 4.79 Å². The molecule has 6 rings (SSSR count). The number of hydrogen-bond donors (Lipinski definition) is 3. The van der Waals surface area contributed by atoms with Gasteiger partial charge in [0.05, 0.1) is 36.7 Å². The van der Waals surface area contributed by atoms with Gasteiger partial charge in [-0.15, -0.1) is 6.58 Å². The number of carbonyl (C=O) groups excluding carboxylic acids is 2. The van der Waals surface area contributed by atoms with Crippen molar-refractivity contribution >= 4 is 23.4 Å². The maximum atomic E-state index is 14.9. The van der Waals surface area contributed by atoms with Gasteiger partial charge >= 0.3 is 6.09 Å².